The Balaban J connectivity index is 4.57. The van der Waals surface area contributed by atoms with Crippen LogP contribution in [0.5, 0.6) is 0 Å². The molecular formula is C15H29NO7. The molecule has 0 rings (SSSR count). The summed E-state index contributed by atoms with van der Waals surface area (Å²) in [6.45, 7) is 7.84. The average Bonchev–Trinajstić information content (AvgIpc) is 2.39. The number of ether oxygens (including phenoxy) is 4. The topological polar surface area (TPSA) is 103 Å². The molecule has 0 aromatic carbocycles. The second-order valence-electron chi connectivity index (χ2n) is 5.98. The van der Waals surface area contributed by atoms with E-state index in [1.165, 1.54) is 0 Å². The summed E-state index contributed by atoms with van der Waals surface area (Å²) in [5.74, 6) is -1.03. The van der Waals surface area contributed by atoms with Crippen molar-refractivity contribution in [2.24, 2.45) is 0 Å². The maximum Gasteiger partial charge on any atom is 0.407 e. The number of alkyl carbamates (subject to hydrolysis) is 1. The molecule has 136 valence electrons. The first-order valence-electron chi connectivity index (χ1n) is 7.59. The van der Waals surface area contributed by atoms with E-state index in [0.717, 1.165) is 0 Å². The Kier molecular flexibility index (Phi) is 10.5. The molecule has 0 saturated heterocycles. The minimum Gasteiger partial charge on any atom is -0.481 e. The average molecular weight is 335 g/mol. The highest BCUT2D eigenvalue weighted by Crippen LogP contribution is 2.12. The van der Waals surface area contributed by atoms with Crippen LogP contribution in [0.3, 0.4) is 0 Å². The first-order valence-corrected chi connectivity index (χ1v) is 7.59. The van der Waals surface area contributed by atoms with Crippen LogP contribution in [0.15, 0.2) is 0 Å². The number of hydrogen-bond acceptors (Lipinski definition) is 6. The SMILES string of the molecule is CC[C@H](OCOCCOC)[C@H](CC(=O)O)NC(=O)OC(C)(C)C. The highest BCUT2D eigenvalue weighted by atomic mass is 16.7. The van der Waals surface area contributed by atoms with Crippen molar-refractivity contribution in [2.75, 3.05) is 27.1 Å². The second kappa shape index (κ2) is 11.2. The molecular weight excluding hydrogens is 306 g/mol. The molecule has 0 spiro atoms. The van der Waals surface area contributed by atoms with Crippen LogP contribution in [0.2, 0.25) is 0 Å². The third-order valence-electron chi connectivity index (χ3n) is 2.75. The van der Waals surface area contributed by atoms with Gasteiger partial charge in [0, 0.05) is 7.11 Å². The predicted molar refractivity (Wildman–Crippen MR) is 83.3 cm³/mol. The van der Waals surface area contributed by atoms with Gasteiger partial charge in [-0.2, -0.15) is 0 Å². The minimum absolute atomic E-state index is 0.00597. The fourth-order valence-electron chi connectivity index (χ4n) is 1.78. The van der Waals surface area contributed by atoms with Gasteiger partial charge < -0.3 is 29.4 Å². The van der Waals surface area contributed by atoms with Crippen LogP contribution in [0.1, 0.15) is 40.5 Å². The van der Waals surface area contributed by atoms with Gasteiger partial charge in [-0.05, 0) is 27.2 Å². The van der Waals surface area contributed by atoms with Crippen LogP contribution in [-0.4, -0.2) is 62.0 Å². The Morgan fingerprint density at radius 3 is 2.35 bits per heavy atom. The summed E-state index contributed by atoms with van der Waals surface area (Å²) in [6, 6.07) is -0.710. The first-order chi connectivity index (χ1) is 10.7. The van der Waals surface area contributed by atoms with Crippen LogP contribution in [0.25, 0.3) is 0 Å². The van der Waals surface area contributed by atoms with Crippen LogP contribution >= 0.6 is 0 Å². The monoisotopic (exact) mass is 335 g/mol. The molecule has 0 aromatic rings. The predicted octanol–water partition coefficient (Wildman–Crippen LogP) is 1.77. The molecule has 0 aliphatic rings. The molecule has 0 saturated carbocycles. The molecule has 0 aliphatic heterocycles. The summed E-state index contributed by atoms with van der Waals surface area (Å²) in [4.78, 5) is 22.9. The lowest BCUT2D eigenvalue weighted by molar-refractivity contribution is -0.141. The second-order valence-corrected chi connectivity index (χ2v) is 5.98. The van der Waals surface area contributed by atoms with Gasteiger partial charge in [-0.3, -0.25) is 4.79 Å². The van der Waals surface area contributed by atoms with Gasteiger partial charge in [-0.15, -0.1) is 0 Å². The van der Waals surface area contributed by atoms with Gasteiger partial charge in [0.05, 0.1) is 31.8 Å². The Hall–Kier alpha value is -1.38. The van der Waals surface area contributed by atoms with E-state index in [2.05, 4.69) is 5.32 Å². The lowest BCUT2D eigenvalue weighted by atomic mass is 10.1. The van der Waals surface area contributed by atoms with Gasteiger partial charge in [0.2, 0.25) is 0 Å². The number of hydrogen-bond donors (Lipinski definition) is 2. The highest BCUT2D eigenvalue weighted by Gasteiger charge is 2.27. The molecule has 2 N–H and O–H groups in total. The Morgan fingerprint density at radius 2 is 1.87 bits per heavy atom. The zero-order valence-corrected chi connectivity index (χ0v) is 14.6. The van der Waals surface area contributed by atoms with Crippen molar-refractivity contribution >= 4 is 12.1 Å². The standard InChI is InChI=1S/C15H29NO7/c1-6-12(22-10-21-8-7-20-5)11(9-13(17)18)16-14(19)23-15(2,3)4/h11-12H,6-10H2,1-5H3,(H,16,19)(H,17,18)/t11-,12-/m0/s1. The summed E-state index contributed by atoms with van der Waals surface area (Å²) in [5, 5.41) is 11.6. The molecule has 0 radical (unpaired) electrons. The minimum atomic E-state index is -1.03. The van der Waals surface area contributed by atoms with Gasteiger partial charge in [0.15, 0.2) is 0 Å². The number of carbonyl (C=O) groups is 2. The van der Waals surface area contributed by atoms with E-state index in [1.54, 1.807) is 27.9 Å². The summed E-state index contributed by atoms with van der Waals surface area (Å²) < 4.78 is 20.7. The molecule has 1 amide bonds. The van der Waals surface area contributed by atoms with E-state index < -0.39 is 29.8 Å². The van der Waals surface area contributed by atoms with Gasteiger partial charge in [0.25, 0.3) is 0 Å². The van der Waals surface area contributed by atoms with Crippen molar-refractivity contribution in [3.8, 4) is 0 Å². The first kappa shape index (κ1) is 21.6. The van der Waals surface area contributed by atoms with Crippen molar-refractivity contribution in [1.29, 1.82) is 0 Å². The number of aliphatic carboxylic acids is 1. The Morgan fingerprint density at radius 1 is 1.22 bits per heavy atom. The lowest BCUT2D eigenvalue weighted by Gasteiger charge is -2.28. The van der Waals surface area contributed by atoms with Gasteiger partial charge >= 0.3 is 12.1 Å². The highest BCUT2D eigenvalue weighted by molar-refractivity contribution is 5.71. The largest absolute Gasteiger partial charge is 0.481 e. The summed E-state index contributed by atoms with van der Waals surface area (Å²) >= 11 is 0. The normalized spacial score (nSPS) is 14.1. The maximum atomic E-state index is 11.9. The molecule has 0 aromatic heterocycles. The zero-order chi connectivity index (χ0) is 17.9. The number of rotatable bonds is 11. The van der Waals surface area contributed by atoms with Crippen molar-refractivity contribution < 1.29 is 33.6 Å². The van der Waals surface area contributed by atoms with Crippen LogP contribution in [0.4, 0.5) is 4.79 Å². The molecule has 0 bridgehead atoms. The van der Waals surface area contributed by atoms with Crippen LogP contribution in [-0.2, 0) is 23.7 Å². The van der Waals surface area contributed by atoms with E-state index in [-0.39, 0.29) is 13.2 Å². The molecule has 23 heavy (non-hydrogen) atoms. The van der Waals surface area contributed by atoms with E-state index in [9.17, 15) is 9.59 Å². The van der Waals surface area contributed by atoms with Gasteiger partial charge in [-0.1, -0.05) is 6.92 Å². The third-order valence-corrected chi connectivity index (χ3v) is 2.75. The Bertz CT molecular complexity index is 354. The number of carboxylic acid groups (broad SMARTS) is 1. The zero-order valence-electron chi connectivity index (χ0n) is 14.6. The number of carbonyl (C=O) groups excluding carboxylic acids is 1. The molecule has 2 atom stereocenters. The molecule has 8 nitrogen and oxygen atoms in total. The lowest BCUT2D eigenvalue weighted by Crippen LogP contribution is -2.47. The molecule has 0 heterocycles. The third kappa shape index (κ3) is 11.8. The summed E-state index contributed by atoms with van der Waals surface area (Å²) in [5.41, 5.74) is -0.663. The molecule has 8 heteroatoms. The van der Waals surface area contributed by atoms with Crippen molar-refractivity contribution in [1.82, 2.24) is 5.32 Å². The van der Waals surface area contributed by atoms with Gasteiger partial charge in [0.1, 0.15) is 12.4 Å². The maximum absolute atomic E-state index is 11.9. The van der Waals surface area contributed by atoms with E-state index in [0.29, 0.717) is 19.6 Å². The fraction of sp³-hybridized carbons (Fsp3) is 0.867. The number of methoxy groups -OCH3 is 1. The molecule has 0 fully saturated rings. The van der Waals surface area contributed by atoms with Gasteiger partial charge in [-0.25, -0.2) is 4.79 Å². The van der Waals surface area contributed by atoms with Crippen molar-refractivity contribution in [3.05, 3.63) is 0 Å². The summed E-state index contributed by atoms with van der Waals surface area (Å²) in [7, 11) is 1.56. The quantitative estimate of drug-likeness (QED) is 0.438. The number of nitrogens with one attached hydrogen (secondary N) is 1. The van der Waals surface area contributed by atoms with Crippen LogP contribution in [0, 0.1) is 0 Å². The van der Waals surface area contributed by atoms with E-state index >= 15 is 0 Å². The fourth-order valence-corrected chi connectivity index (χ4v) is 1.78. The Labute approximate surface area is 137 Å². The van der Waals surface area contributed by atoms with E-state index in [1.807, 2.05) is 6.92 Å². The van der Waals surface area contributed by atoms with Crippen molar-refractivity contribution in [2.45, 2.75) is 58.3 Å². The molecule has 0 unspecified atom stereocenters. The smallest absolute Gasteiger partial charge is 0.407 e. The number of amides is 1. The van der Waals surface area contributed by atoms with E-state index in [4.69, 9.17) is 24.1 Å². The number of carboxylic acids is 1. The van der Waals surface area contributed by atoms with Crippen molar-refractivity contribution in [3.63, 3.8) is 0 Å². The molecule has 0 aliphatic carbocycles. The van der Waals surface area contributed by atoms with Crippen LogP contribution < -0.4 is 5.32 Å². The summed E-state index contributed by atoms with van der Waals surface area (Å²) in [6.07, 6.45) is -0.927.